The third kappa shape index (κ3) is 2.65. The maximum absolute atomic E-state index is 12.4. The molecule has 1 aliphatic heterocycles. The molecule has 0 aliphatic carbocycles. The summed E-state index contributed by atoms with van der Waals surface area (Å²) in [6.45, 7) is 1.59. The number of amides is 1. The van der Waals surface area contributed by atoms with Gasteiger partial charge in [-0.05, 0) is 24.3 Å². The van der Waals surface area contributed by atoms with E-state index in [1.165, 1.54) is 10.9 Å². The van der Waals surface area contributed by atoms with Gasteiger partial charge in [-0.2, -0.15) is 22.1 Å². The van der Waals surface area contributed by atoms with E-state index in [1.807, 2.05) is 22.7 Å². The van der Waals surface area contributed by atoms with Crippen LogP contribution in [0.3, 0.4) is 0 Å². The normalized spacial score (nSPS) is 14.6. The summed E-state index contributed by atoms with van der Waals surface area (Å²) in [5, 5.41) is 13.0. The summed E-state index contributed by atoms with van der Waals surface area (Å²) < 4.78 is 1.49. The van der Waals surface area contributed by atoms with Crippen molar-refractivity contribution in [2.24, 2.45) is 0 Å². The van der Waals surface area contributed by atoms with Crippen LogP contribution < -0.4 is 5.73 Å². The molecule has 0 saturated carbocycles. The zero-order valence-electron chi connectivity index (χ0n) is 11.9. The first kappa shape index (κ1) is 14.5. The summed E-state index contributed by atoms with van der Waals surface area (Å²) in [6.07, 6.45) is 1.43. The van der Waals surface area contributed by atoms with Gasteiger partial charge < -0.3 is 10.6 Å². The molecule has 112 valence electrons. The van der Waals surface area contributed by atoms with Crippen molar-refractivity contribution in [2.75, 3.05) is 30.3 Å². The Labute approximate surface area is 132 Å². The standard InChI is InChI=1S/C15H15N5OS/c16-9-12-10-18-20(14(12)17)13-3-1-11(2-4-13)15(21)19-5-7-22-8-6-19/h1-4,10H,5-8,17H2. The van der Waals surface area contributed by atoms with Crippen LogP contribution in [0.4, 0.5) is 5.82 Å². The third-order valence-corrected chi connectivity index (χ3v) is 4.53. The molecule has 2 N–H and O–H groups in total. The number of anilines is 1. The highest BCUT2D eigenvalue weighted by molar-refractivity contribution is 7.99. The molecule has 0 radical (unpaired) electrons. The number of benzene rings is 1. The van der Waals surface area contributed by atoms with Gasteiger partial charge in [-0.25, -0.2) is 4.68 Å². The second kappa shape index (κ2) is 6.12. The Hall–Kier alpha value is -2.46. The van der Waals surface area contributed by atoms with Crippen molar-refractivity contribution in [1.29, 1.82) is 5.26 Å². The molecule has 1 aromatic carbocycles. The highest BCUT2D eigenvalue weighted by Crippen LogP contribution is 2.18. The van der Waals surface area contributed by atoms with E-state index in [9.17, 15) is 4.79 Å². The Bertz CT molecular complexity index is 725. The van der Waals surface area contributed by atoms with E-state index in [4.69, 9.17) is 11.0 Å². The van der Waals surface area contributed by atoms with Crippen LogP contribution in [0.5, 0.6) is 0 Å². The molecule has 0 unspecified atom stereocenters. The van der Waals surface area contributed by atoms with Crippen LogP contribution in [0.2, 0.25) is 0 Å². The Morgan fingerprint density at radius 2 is 1.95 bits per heavy atom. The number of nitrogens with zero attached hydrogens (tertiary/aromatic N) is 4. The first-order valence-corrected chi connectivity index (χ1v) is 8.07. The predicted molar refractivity (Wildman–Crippen MR) is 85.9 cm³/mol. The summed E-state index contributed by atoms with van der Waals surface area (Å²) in [4.78, 5) is 14.3. The van der Waals surface area contributed by atoms with Crippen LogP contribution in [0.1, 0.15) is 15.9 Å². The summed E-state index contributed by atoms with van der Waals surface area (Å²) in [5.74, 6) is 2.34. The number of aromatic nitrogens is 2. The van der Waals surface area contributed by atoms with Gasteiger partial charge in [0.15, 0.2) is 0 Å². The lowest BCUT2D eigenvalue weighted by Crippen LogP contribution is -2.37. The number of carbonyl (C=O) groups is 1. The fourth-order valence-electron chi connectivity index (χ4n) is 2.34. The topological polar surface area (TPSA) is 87.9 Å². The molecule has 0 atom stereocenters. The zero-order valence-corrected chi connectivity index (χ0v) is 12.7. The molecule has 2 aromatic rings. The Morgan fingerprint density at radius 3 is 2.55 bits per heavy atom. The van der Waals surface area contributed by atoms with E-state index in [1.54, 1.807) is 24.3 Å². The van der Waals surface area contributed by atoms with Gasteiger partial charge in [0.1, 0.15) is 17.5 Å². The molecule has 0 spiro atoms. The van der Waals surface area contributed by atoms with Crippen molar-refractivity contribution >= 4 is 23.5 Å². The van der Waals surface area contributed by atoms with Crippen molar-refractivity contribution in [1.82, 2.24) is 14.7 Å². The van der Waals surface area contributed by atoms with Gasteiger partial charge in [0.2, 0.25) is 0 Å². The molecule has 1 fully saturated rings. The summed E-state index contributed by atoms with van der Waals surface area (Å²) in [6, 6.07) is 9.10. The molecular formula is C15H15N5OS. The van der Waals surface area contributed by atoms with Crippen LogP contribution in [0, 0.1) is 11.3 Å². The van der Waals surface area contributed by atoms with Crippen LogP contribution >= 0.6 is 11.8 Å². The lowest BCUT2D eigenvalue weighted by molar-refractivity contribution is 0.0772. The fraction of sp³-hybridized carbons (Fsp3) is 0.267. The summed E-state index contributed by atoms with van der Waals surface area (Å²) >= 11 is 1.87. The minimum Gasteiger partial charge on any atom is -0.382 e. The number of rotatable bonds is 2. The van der Waals surface area contributed by atoms with E-state index in [0.29, 0.717) is 16.9 Å². The lowest BCUT2D eigenvalue weighted by Gasteiger charge is -2.26. The Balaban J connectivity index is 1.82. The van der Waals surface area contributed by atoms with Crippen LogP contribution in [0.25, 0.3) is 5.69 Å². The summed E-state index contributed by atoms with van der Waals surface area (Å²) in [7, 11) is 0. The molecule has 6 nitrogen and oxygen atoms in total. The minimum atomic E-state index is 0.0537. The van der Waals surface area contributed by atoms with E-state index in [0.717, 1.165) is 30.3 Å². The Kier molecular flexibility index (Phi) is 4.02. The van der Waals surface area contributed by atoms with Gasteiger partial charge >= 0.3 is 0 Å². The van der Waals surface area contributed by atoms with Gasteiger partial charge in [-0.3, -0.25) is 4.79 Å². The van der Waals surface area contributed by atoms with E-state index in [-0.39, 0.29) is 5.91 Å². The number of hydrogen-bond donors (Lipinski definition) is 1. The Morgan fingerprint density at radius 1 is 1.27 bits per heavy atom. The number of nitrogens with two attached hydrogens (primary N) is 1. The van der Waals surface area contributed by atoms with Crippen LogP contribution in [-0.2, 0) is 0 Å². The van der Waals surface area contributed by atoms with Crippen LogP contribution in [0.15, 0.2) is 30.5 Å². The first-order chi connectivity index (χ1) is 10.7. The molecule has 1 amide bonds. The molecule has 3 rings (SSSR count). The van der Waals surface area contributed by atoms with E-state index < -0.39 is 0 Å². The molecule has 1 aliphatic rings. The van der Waals surface area contributed by atoms with Crippen molar-refractivity contribution in [2.45, 2.75) is 0 Å². The second-order valence-corrected chi connectivity index (χ2v) is 6.14. The van der Waals surface area contributed by atoms with Crippen molar-refractivity contribution < 1.29 is 4.79 Å². The summed E-state index contributed by atoms with van der Waals surface area (Å²) in [5.41, 5.74) is 7.58. The number of nitrogen functional groups attached to an aromatic ring is 1. The molecule has 0 bridgehead atoms. The van der Waals surface area contributed by atoms with Gasteiger partial charge in [-0.15, -0.1) is 0 Å². The second-order valence-electron chi connectivity index (χ2n) is 4.92. The third-order valence-electron chi connectivity index (χ3n) is 3.58. The average molecular weight is 313 g/mol. The molecule has 2 heterocycles. The predicted octanol–water partition coefficient (Wildman–Crippen LogP) is 1.52. The van der Waals surface area contributed by atoms with E-state index in [2.05, 4.69) is 5.10 Å². The molecule has 7 heteroatoms. The van der Waals surface area contributed by atoms with Gasteiger partial charge in [-0.1, -0.05) is 0 Å². The largest absolute Gasteiger partial charge is 0.382 e. The molecule has 22 heavy (non-hydrogen) atoms. The first-order valence-electron chi connectivity index (χ1n) is 6.92. The smallest absolute Gasteiger partial charge is 0.253 e. The maximum Gasteiger partial charge on any atom is 0.253 e. The number of carbonyl (C=O) groups excluding carboxylic acids is 1. The zero-order chi connectivity index (χ0) is 15.5. The number of hydrogen-bond acceptors (Lipinski definition) is 5. The van der Waals surface area contributed by atoms with Crippen molar-refractivity contribution in [3.05, 3.63) is 41.6 Å². The number of nitriles is 1. The monoisotopic (exact) mass is 313 g/mol. The quantitative estimate of drug-likeness (QED) is 0.908. The average Bonchev–Trinajstić information content (AvgIpc) is 2.96. The van der Waals surface area contributed by atoms with Crippen molar-refractivity contribution in [3.8, 4) is 11.8 Å². The number of thioether (sulfide) groups is 1. The molecular weight excluding hydrogens is 298 g/mol. The van der Waals surface area contributed by atoms with Gasteiger partial charge in [0.25, 0.3) is 5.91 Å². The highest BCUT2D eigenvalue weighted by Gasteiger charge is 2.18. The molecule has 1 saturated heterocycles. The van der Waals surface area contributed by atoms with Gasteiger partial charge in [0, 0.05) is 30.2 Å². The minimum absolute atomic E-state index is 0.0537. The van der Waals surface area contributed by atoms with E-state index >= 15 is 0 Å². The molecule has 1 aromatic heterocycles. The van der Waals surface area contributed by atoms with Crippen LogP contribution in [-0.4, -0.2) is 45.2 Å². The lowest BCUT2D eigenvalue weighted by atomic mass is 10.1. The van der Waals surface area contributed by atoms with Crippen molar-refractivity contribution in [3.63, 3.8) is 0 Å². The highest BCUT2D eigenvalue weighted by atomic mass is 32.2. The maximum atomic E-state index is 12.4. The SMILES string of the molecule is N#Cc1cnn(-c2ccc(C(=O)N3CCSCC3)cc2)c1N. The van der Waals surface area contributed by atoms with Gasteiger partial charge in [0.05, 0.1) is 11.9 Å². The fourth-order valence-corrected chi connectivity index (χ4v) is 3.25.